The lowest BCUT2D eigenvalue weighted by molar-refractivity contribution is -0.142. The largest absolute Gasteiger partial charge is 0.481 e. The molecule has 0 aliphatic heterocycles. The lowest BCUT2D eigenvalue weighted by atomic mass is 9.67. The first kappa shape index (κ1) is 16.8. The third kappa shape index (κ3) is 5.02. The number of nitrogens with one attached hydrogen (secondary N) is 2. The summed E-state index contributed by atoms with van der Waals surface area (Å²) in [6.45, 7) is 7.01. The van der Waals surface area contributed by atoms with Gasteiger partial charge in [-0.15, -0.1) is 0 Å². The molecule has 0 heterocycles. The molecule has 20 heavy (non-hydrogen) atoms. The summed E-state index contributed by atoms with van der Waals surface area (Å²) in [6, 6.07) is -0.250. The number of carboxylic acid groups (broad SMARTS) is 1. The number of aliphatic carboxylic acids is 1. The first-order valence-corrected chi connectivity index (χ1v) is 7.63. The predicted octanol–water partition coefficient (Wildman–Crippen LogP) is 2.61. The minimum absolute atomic E-state index is 0.193. The van der Waals surface area contributed by atoms with Crippen LogP contribution in [0, 0.1) is 17.3 Å². The van der Waals surface area contributed by atoms with Gasteiger partial charge >= 0.3 is 12.0 Å². The molecule has 0 aromatic carbocycles. The molecule has 1 fully saturated rings. The molecular formula is C15H28N2O3. The number of rotatable bonds is 8. The van der Waals surface area contributed by atoms with E-state index >= 15 is 0 Å². The van der Waals surface area contributed by atoms with Gasteiger partial charge in [0.2, 0.25) is 0 Å². The number of carboxylic acids is 1. The second kappa shape index (κ2) is 7.50. The maximum Gasteiger partial charge on any atom is 0.314 e. The molecule has 1 atom stereocenters. The zero-order valence-corrected chi connectivity index (χ0v) is 12.9. The Kier molecular flexibility index (Phi) is 6.30. The molecule has 0 spiro atoms. The van der Waals surface area contributed by atoms with Crippen LogP contribution in [0.25, 0.3) is 0 Å². The molecule has 1 aliphatic rings. The zero-order valence-electron chi connectivity index (χ0n) is 12.9. The van der Waals surface area contributed by atoms with E-state index in [1.165, 1.54) is 19.3 Å². The van der Waals surface area contributed by atoms with Crippen LogP contribution in [0.1, 0.15) is 52.9 Å². The lowest BCUT2D eigenvalue weighted by Gasteiger charge is -2.41. The van der Waals surface area contributed by atoms with Gasteiger partial charge in [-0.1, -0.05) is 27.2 Å². The van der Waals surface area contributed by atoms with Crippen molar-refractivity contribution in [2.75, 3.05) is 13.1 Å². The summed E-state index contributed by atoms with van der Waals surface area (Å²) in [5.41, 5.74) is 0.279. The number of hydrogen-bond acceptors (Lipinski definition) is 2. The summed E-state index contributed by atoms with van der Waals surface area (Å²) < 4.78 is 0. The standard InChI is InChI=1S/C15H28N2O3/c1-4-15(6-5-7-15)10-17-14(20)16-9-12(13(18)19)8-11(2)3/h11-12H,4-10H2,1-3H3,(H,18,19)(H2,16,17,20). The van der Waals surface area contributed by atoms with Crippen molar-refractivity contribution in [3.63, 3.8) is 0 Å². The minimum atomic E-state index is -0.844. The van der Waals surface area contributed by atoms with Crippen LogP contribution < -0.4 is 10.6 Å². The zero-order chi connectivity index (χ0) is 15.2. The van der Waals surface area contributed by atoms with Crippen molar-refractivity contribution < 1.29 is 14.7 Å². The summed E-state index contributed by atoms with van der Waals surface area (Å²) in [5.74, 6) is -1.05. The molecular weight excluding hydrogens is 256 g/mol. The van der Waals surface area contributed by atoms with Crippen molar-refractivity contribution in [3.05, 3.63) is 0 Å². The van der Waals surface area contributed by atoms with Crippen molar-refractivity contribution in [3.8, 4) is 0 Å². The molecule has 116 valence electrons. The van der Waals surface area contributed by atoms with Crippen molar-refractivity contribution in [2.45, 2.75) is 52.9 Å². The van der Waals surface area contributed by atoms with Crippen molar-refractivity contribution in [2.24, 2.45) is 17.3 Å². The highest BCUT2D eigenvalue weighted by Gasteiger charge is 2.35. The highest BCUT2D eigenvalue weighted by Crippen LogP contribution is 2.42. The SMILES string of the molecule is CCC1(CNC(=O)NCC(CC(C)C)C(=O)O)CCC1. The average molecular weight is 284 g/mol. The molecule has 5 heteroatoms. The fourth-order valence-corrected chi connectivity index (χ4v) is 2.72. The van der Waals surface area contributed by atoms with Crippen molar-refractivity contribution in [1.29, 1.82) is 0 Å². The third-order valence-corrected chi connectivity index (χ3v) is 4.40. The van der Waals surface area contributed by atoms with Crippen LogP contribution in [0.15, 0.2) is 0 Å². The quantitative estimate of drug-likeness (QED) is 0.641. The lowest BCUT2D eigenvalue weighted by Crippen LogP contribution is -2.46. The van der Waals surface area contributed by atoms with Gasteiger partial charge in [-0.25, -0.2) is 4.79 Å². The maximum absolute atomic E-state index is 11.7. The second-order valence-corrected chi connectivity index (χ2v) is 6.44. The van der Waals surface area contributed by atoms with E-state index in [0.717, 1.165) is 6.42 Å². The molecule has 1 rings (SSSR count). The molecule has 0 bridgehead atoms. The van der Waals surface area contributed by atoms with Crippen LogP contribution in [0.3, 0.4) is 0 Å². The summed E-state index contributed by atoms with van der Waals surface area (Å²) in [5, 5.41) is 14.7. The molecule has 3 N–H and O–H groups in total. The smallest absolute Gasteiger partial charge is 0.314 e. The highest BCUT2D eigenvalue weighted by molar-refractivity contribution is 5.75. The van der Waals surface area contributed by atoms with Crippen LogP contribution in [0.5, 0.6) is 0 Å². The normalized spacial score (nSPS) is 18.2. The van der Waals surface area contributed by atoms with E-state index in [4.69, 9.17) is 5.11 Å². The molecule has 5 nitrogen and oxygen atoms in total. The summed E-state index contributed by atoms with van der Waals surface area (Å²) in [4.78, 5) is 22.8. The topological polar surface area (TPSA) is 78.4 Å². The Morgan fingerprint density at radius 2 is 1.90 bits per heavy atom. The Labute approximate surface area is 121 Å². The van der Waals surface area contributed by atoms with Gasteiger partial charge in [0.25, 0.3) is 0 Å². The van der Waals surface area contributed by atoms with Gasteiger partial charge in [0.15, 0.2) is 0 Å². The summed E-state index contributed by atoms with van der Waals surface area (Å²) in [7, 11) is 0. The number of amides is 2. The number of urea groups is 1. The van der Waals surface area contributed by atoms with Crippen molar-refractivity contribution >= 4 is 12.0 Å². The monoisotopic (exact) mass is 284 g/mol. The van der Waals surface area contributed by atoms with Gasteiger partial charge in [-0.05, 0) is 37.0 Å². The Hall–Kier alpha value is -1.26. The highest BCUT2D eigenvalue weighted by atomic mass is 16.4. The fourth-order valence-electron chi connectivity index (χ4n) is 2.72. The molecule has 0 radical (unpaired) electrons. The van der Waals surface area contributed by atoms with E-state index < -0.39 is 11.9 Å². The van der Waals surface area contributed by atoms with E-state index in [-0.39, 0.29) is 18.0 Å². The first-order valence-electron chi connectivity index (χ1n) is 7.63. The van der Waals surface area contributed by atoms with E-state index in [0.29, 0.717) is 18.9 Å². The van der Waals surface area contributed by atoms with Gasteiger partial charge in [0.05, 0.1) is 5.92 Å². The molecule has 2 amide bonds. The predicted molar refractivity (Wildman–Crippen MR) is 78.6 cm³/mol. The second-order valence-electron chi connectivity index (χ2n) is 6.44. The van der Waals surface area contributed by atoms with Crippen LogP contribution in [-0.2, 0) is 4.79 Å². The van der Waals surface area contributed by atoms with E-state index in [9.17, 15) is 9.59 Å². The van der Waals surface area contributed by atoms with Crippen molar-refractivity contribution in [1.82, 2.24) is 10.6 Å². The third-order valence-electron chi connectivity index (χ3n) is 4.40. The fraction of sp³-hybridized carbons (Fsp3) is 0.867. The number of carbonyl (C=O) groups is 2. The van der Waals surface area contributed by atoms with Crippen LogP contribution in [0.4, 0.5) is 4.79 Å². The van der Waals surface area contributed by atoms with Gasteiger partial charge in [0.1, 0.15) is 0 Å². The molecule has 0 saturated heterocycles. The summed E-state index contributed by atoms with van der Waals surface area (Å²) in [6.07, 6.45) is 5.25. The Balaban J connectivity index is 2.29. The Morgan fingerprint density at radius 3 is 2.30 bits per heavy atom. The maximum atomic E-state index is 11.7. The molecule has 1 saturated carbocycles. The minimum Gasteiger partial charge on any atom is -0.481 e. The van der Waals surface area contributed by atoms with Gasteiger partial charge in [-0.2, -0.15) is 0 Å². The molecule has 1 unspecified atom stereocenters. The van der Waals surface area contributed by atoms with Crippen LogP contribution in [0.2, 0.25) is 0 Å². The van der Waals surface area contributed by atoms with Gasteiger partial charge in [0, 0.05) is 13.1 Å². The van der Waals surface area contributed by atoms with Gasteiger partial charge in [-0.3, -0.25) is 4.79 Å². The Bertz CT molecular complexity index is 333. The van der Waals surface area contributed by atoms with E-state index in [1.54, 1.807) is 0 Å². The first-order chi connectivity index (χ1) is 9.38. The Morgan fingerprint density at radius 1 is 1.25 bits per heavy atom. The summed E-state index contributed by atoms with van der Waals surface area (Å²) >= 11 is 0. The molecule has 0 aromatic rings. The van der Waals surface area contributed by atoms with E-state index in [2.05, 4.69) is 17.6 Å². The molecule has 1 aliphatic carbocycles. The van der Waals surface area contributed by atoms with E-state index in [1.807, 2.05) is 13.8 Å². The number of hydrogen-bond donors (Lipinski definition) is 3. The van der Waals surface area contributed by atoms with Crippen LogP contribution >= 0.6 is 0 Å². The molecule has 0 aromatic heterocycles. The van der Waals surface area contributed by atoms with Gasteiger partial charge < -0.3 is 15.7 Å². The van der Waals surface area contributed by atoms with Crippen LogP contribution in [-0.4, -0.2) is 30.2 Å². The average Bonchev–Trinajstić information content (AvgIpc) is 2.33. The number of carbonyl (C=O) groups excluding carboxylic acids is 1.